The smallest absolute Gasteiger partial charge is 0.111 e. The molecule has 0 aliphatic rings. The first kappa shape index (κ1) is 7.94. The first-order chi connectivity index (χ1) is 6.40. The number of rotatable bonds is 2. The summed E-state index contributed by atoms with van der Waals surface area (Å²) in [5, 5.41) is 15.5. The lowest BCUT2D eigenvalue weighted by atomic mass is 10.2. The van der Waals surface area contributed by atoms with Crippen LogP contribution >= 0.6 is 0 Å². The van der Waals surface area contributed by atoms with Crippen molar-refractivity contribution in [1.29, 1.82) is 0 Å². The van der Waals surface area contributed by atoms with E-state index in [-0.39, 0.29) is 6.61 Å². The molecular weight excluding hydrogens is 166 g/mol. The Balaban J connectivity index is 2.36. The molecule has 2 heterocycles. The average Bonchev–Trinajstić information content (AvgIpc) is 2.67. The minimum absolute atomic E-state index is 0.0279. The van der Waals surface area contributed by atoms with Crippen LogP contribution in [0.5, 0.6) is 0 Å². The lowest BCUT2D eigenvalue weighted by molar-refractivity contribution is 0.276. The van der Waals surface area contributed by atoms with Gasteiger partial charge in [0.05, 0.1) is 18.0 Å². The molecule has 13 heavy (non-hydrogen) atoms. The molecule has 0 amide bonds. The third kappa shape index (κ3) is 1.57. The second-order valence-electron chi connectivity index (χ2n) is 2.65. The minimum atomic E-state index is -0.0279. The van der Waals surface area contributed by atoms with Crippen molar-refractivity contribution >= 4 is 0 Å². The number of pyridine rings is 1. The highest BCUT2D eigenvalue weighted by atomic mass is 16.3. The highest BCUT2D eigenvalue weighted by Crippen LogP contribution is 2.13. The standard InChI is InChI=1S/C9H9N3O/c13-6-7-5-9(12-11-7)8-3-1-2-4-10-8/h1-5,13H,6H2,(H,11,12). The third-order valence-corrected chi connectivity index (χ3v) is 1.73. The van der Waals surface area contributed by atoms with Crippen LogP contribution in [0.15, 0.2) is 30.5 Å². The van der Waals surface area contributed by atoms with Gasteiger partial charge in [0.1, 0.15) is 5.69 Å². The van der Waals surface area contributed by atoms with Gasteiger partial charge < -0.3 is 5.11 Å². The van der Waals surface area contributed by atoms with E-state index >= 15 is 0 Å². The second kappa shape index (κ2) is 3.37. The summed E-state index contributed by atoms with van der Waals surface area (Å²) in [5.41, 5.74) is 2.25. The highest BCUT2D eigenvalue weighted by Gasteiger charge is 2.02. The van der Waals surface area contributed by atoms with Gasteiger partial charge in [-0.25, -0.2) is 0 Å². The number of aliphatic hydroxyl groups is 1. The van der Waals surface area contributed by atoms with Gasteiger partial charge in [-0.3, -0.25) is 10.1 Å². The Bertz CT molecular complexity index is 383. The molecule has 2 rings (SSSR count). The van der Waals surface area contributed by atoms with Crippen LogP contribution in [-0.2, 0) is 6.61 Å². The van der Waals surface area contributed by atoms with Crippen LogP contribution in [-0.4, -0.2) is 20.3 Å². The summed E-state index contributed by atoms with van der Waals surface area (Å²) in [5.74, 6) is 0. The quantitative estimate of drug-likeness (QED) is 0.714. The molecule has 0 bridgehead atoms. The lowest BCUT2D eigenvalue weighted by Gasteiger charge is -1.91. The maximum absolute atomic E-state index is 8.81. The van der Waals surface area contributed by atoms with Gasteiger partial charge in [0.15, 0.2) is 0 Å². The minimum Gasteiger partial charge on any atom is -0.390 e. The van der Waals surface area contributed by atoms with Crippen molar-refractivity contribution in [1.82, 2.24) is 15.2 Å². The molecule has 0 spiro atoms. The number of aliphatic hydroxyl groups excluding tert-OH is 1. The Hall–Kier alpha value is -1.68. The molecular formula is C9H9N3O. The van der Waals surface area contributed by atoms with E-state index in [1.165, 1.54) is 0 Å². The van der Waals surface area contributed by atoms with Crippen LogP contribution < -0.4 is 0 Å². The Morgan fingerprint density at radius 3 is 2.85 bits per heavy atom. The van der Waals surface area contributed by atoms with Crippen LogP contribution in [0.3, 0.4) is 0 Å². The van der Waals surface area contributed by atoms with E-state index < -0.39 is 0 Å². The normalized spacial score (nSPS) is 10.2. The molecule has 4 nitrogen and oxygen atoms in total. The Morgan fingerprint density at radius 1 is 1.31 bits per heavy atom. The average molecular weight is 175 g/mol. The van der Waals surface area contributed by atoms with Crippen LogP contribution in [0.25, 0.3) is 11.4 Å². The molecule has 0 saturated heterocycles. The topological polar surface area (TPSA) is 61.8 Å². The van der Waals surface area contributed by atoms with Gasteiger partial charge in [-0.2, -0.15) is 5.10 Å². The second-order valence-corrected chi connectivity index (χ2v) is 2.65. The van der Waals surface area contributed by atoms with Crippen LogP contribution in [0, 0.1) is 0 Å². The fourth-order valence-corrected chi connectivity index (χ4v) is 1.09. The SMILES string of the molecule is OCc1cc(-c2ccccn2)n[nH]1. The van der Waals surface area contributed by atoms with E-state index in [9.17, 15) is 0 Å². The number of aromatic amines is 1. The van der Waals surface area contributed by atoms with Gasteiger partial charge in [-0.1, -0.05) is 6.07 Å². The molecule has 0 unspecified atom stereocenters. The molecule has 66 valence electrons. The van der Waals surface area contributed by atoms with Gasteiger partial charge in [-0.15, -0.1) is 0 Å². The third-order valence-electron chi connectivity index (χ3n) is 1.73. The van der Waals surface area contributed by atoms with Crippen molar-refractivity contribution in [2.24, 2.45) is 0 Å². The van der Waals surface area contributed by atoms with Crippen molar-refractivity contribution < 1.29 is 5.11 Å². The van der Waals surface area contributed by atoms with Gasteiger partial charge in [0.25, 0.3) is 0 Å². The fourth-order valence-electron chi connectivity index (χ4n) is 1.09. The number of hydrogen-bond acceptors (Lipinski definition) is 3. The summed E-state index contributed by atoms with van der Waals surface area (Å²) in [6, 6.07) is 7.40. The molecule has 2 N–H and O–H groups in total. The molecule has 0 saturated carbocycles. The van der Waals surface area contributed by atoms with Crippen molar-refractivity contribution in [2.75, 3.05) is 0 Å². The zero-order valence-electron chi connectivity index (χ0n) is 6.94. The summed E-state index contributed by atoms with van der Waals surface area (Å²) in [4.78, 5) is 4.13. The van der Waals surface area contributed by atoms with Gasteiger partial charge in [-0.05, 0) is 18.2 Å². The highest BCUT2D eigenvalue weighted by molar-refractivity contribution is 5.53. The maximum atomic E-state index is 8.81. The Labute approximate surface area is 75.3 Å². The number of H-pyrrole nitrogens is 1. The predicted octanol–water partition coefficient (Wildman–Crippen LogP) is 0.964. The molecule has 4 heteroatoms. The molecule has 0 radical (unpaired) electrons. The monoisotopic (exact) mass is 175 g/mol. The van der Waals surface area contributed by atoms with E-state index in [2.05, 4.69) is 15.2 Å². The molecule has 0 fully saturated rings. The van der Waals surface area contributed by atoms with Crippen molar-refractivity contribution in [3.8, 4) is 11.4 Å². The van der Waals surface area contributed by atoms with E-state index in [4.69, 9.17) is 5.11 Å². The van der Waals surface area contributed by atoms with E-state index in [1.54, 1.807) is 12.3 Å². The van der Waals surface area contributed by atoms with Crippen molar-refractivity contribution in [2.45, 2.75) is 6.61 Å². The van der Waals surface area contributed by atoms with Crippen LogP contribution in [0.2, 0.25) is 0 Å². The first-order valence-electron chi connectivity index (χ1n) is 3.96. The zero-order valence-corrected chi connectivity index (χ0v) is 6.94. The molecule has 0 aliphatic carbocycles. The summed E-state index contributed by atoms with van der Waals surface area (Å²) >= 11 is 0. The van der Waals surface area contributed by atoms with Crippen LogP contribution in [0.1, 0.15) is 5.69 Å². The fraction of sp³-hybridized carbons (Fsp3) is 0.111. The molecule has 2 aromatic heterocycles. The van der Waals surface area contributed by atoms with Gasteiger partial charge in [0, 0.05) is 6.20 Å². The number of aromatic nitrogens is 3. The van der Waals surface area contributed by atoms with Crippen LogP contribution in [0.4, 0.5) is 0 Å². The Morgan fingerprint density at radius 2 is 2.23 bits per heavy atom. The van der Waals surface area contributed by atoms with E-state index in [1.807, 2.05) is 18.2 Å². The maximum Gasteiger partial charge on any atom is 0.111 e. The van der Waals surface area contributed by atoms with Gasteiger partial charge in [0.2, 0.25) is 0 Å². The van der Waals surface area contributed by atoms with E-state index in [0.717, 1.165) is 11.4 Å². The summed E-state index contributed by atoms with van der Waals surface area (Å²) < 4.78 is 0. The molecule has 2 aromatic rings. The zero-order chi connectivity index (χ0) is 9.10. The predicted molar refractivity (Wildman–Crippen MR) is 47.7 cm³/mol. The number of nitrogens with zero attached hydrogens (tertiary/aromatic N) is 2. The number of hydrogen-bond donors (Lipinski definition) is 2. The van der Waals surface area contributed by atoms with Crippen molar-refractivity contribution in [3.63, 3.8) is 0 Å². The first-order valence-corrected chi connectivity index (χ1v) is 3.96. The van der Waals surface area contributed by atoms with Gasteiger partial charge >= 0.3 is 0 Å². The molecule has 0 atom stereocenters. The van der Waals surface area contributed by atoms with Crippen molar-refractivity contribution in [3.05, 3.63) is 36.2 Å². The molecule has 0 aromatic carbocycles. The largest absolute Gasteiger partial charge is 0.390 e. The number of nitrogens with one attached hydrogen (secondary N) is 1. The summed E-state index contributed by atoms with van der Waals surface area (Å²) in [6.45, 7) is -0.0279. The summed E-state index contributed by atoms with van der Waals surface area (Å²) in [7, 11) is 0. The molecule has 0 aliphatic heterocycles. The van der Waals surface area contributed by atoms with E-state index in [0.29, 0.717) is 5.69 Å². The Kier molecular flexibility index (Phi) is 2.06. The summed E-state index contributed by atoms with van der Waals surface area (Å²) in [6.07, 6.45) is 1.71. The lowest BCUT2D eigenvalue weighted by Crippen LogP contribution is -1.80.